The molecule has 1 aliphatic heterocycles. The van der Waals surface area contributed by atoms with E-state index in [1.165, 1.54) is 122 Å². The van der Waals surface area contributed by atoms with Crippen molar-refractivity contribution < 1.29 is 28.6 Å². The van der Waals surface area contributed by atoms with E-state index in [1.54, 1.807) is 0 Å². The number of rotatable bonds is 42. The van der Waals surface area contributed by atoms with Crippen molar-refractivity contribution in [1.82, 2.24) is 9.80 Å². The molecule has 1 heterocycles. The largest absolute Gasteiger partial charge is 0.466 e. The summed E-state index contributed by atoms with van der Waals surface area (Å²) in [4.78, 5) is 43.2. The first kappa shape index (κ1) is 54.3. The first-order chi connectivity index (χ1) is 28.3. The van der Waals surface area contributed by atoms with E-state index < -0.39 is 0 Å². The van der Waals surface area contributed by atoms with Crippen molar-refractivity contribution in [3.8, 4) is 0 Å². The van der Waals surface area contributed by atoms with Gasteiger partial charge in [-0.15, -0.1) is 0 Å². The van der Waals surface area contributed by atoms with Crippen LogP contribution in [0.1, 0.15) is 239 Å². The van der Waals surface area contributed by atoms with Crippen LogP contribution in [0, 0.1) is 5.92 Å². The van der Waals surface area contributed by atoms with Crippen molar-refractivity contribution in [2.45, 2.75) is 251 Å². The van der Waals surface area contributed by atoms with Crippen molar-refractivity contribution in [3.05, 3.63) is 0 Å². The fourth-order valence-corrected chi connectivity index (χ4v) is 8.44. The summed E-state index contributed by atoms with van der Waals surface area (Å²) in [6.45, 7) is 10.5. The number of unbranched alkanes of at least 4 members (excludes halogenated alkanes) is 22. The van der Waals surface area contributed by atoms with Gasteiger partial charge in [-0.25, -0.2) is 0 Å². The van der Waals surface area contributed by atoms with Gasteiger partial charge in [0.1, 0.15) is 12.1 Å². The van der Waals surface area contributed by atoms with Crippen LogP contribution in [-0.2, 0) is 28.6 Å². The van der Waals surface area contributed by atoms with Crippen LogP contribution in [0.3, 0.4) is 0 Å². The molecule has 0 aromatic heterocycles. The minimum atomic E-state index is -0.199. The van der Waals surface area contributed by atoms with Gasteiger partial charge >= 0.3 is 17.9 Å². The van der Waals surface area contributed by atoms with Gasteiger partial charge in [0, 0.05) is 19.4 Å². The Hall–Kier alpha value is -1.67. The van der Waals surface area contributed by atoms with Crippen LogP contribution in [0.15, 0.2) is 0 Å². The Bertz CT molecular complexity index is 944. The maximum absolute atomic E-state index is 13.4. The lowest BCUT2D eigenvalue weighted by atomic mass is 9.99. The molecule has 0 spiro atoms. The van der Waals surface area contributed by atoms with Crippen LogP contribution in [0.5, 0.6) is 0 Å². The Labute approximate surface area is 359 Å². The summed E-state index contributed by atoms with van der Waals surface area (Å²) in [6, 6.07) is -0.199. The number of hydrogen-bond acceptors (Lipinski definition) is 8. The van der Waals surface area contributed by atoms with Gasteiger partial charge in [-0.1, -0.05) is 149 Å². The monoisotopic (exact) mass is 821 g/mol. The molecule has 1 rings (SSSR count). The van der Waals surface area contributed by atoms with Crippen molar-refractivity contribution in [2.75, 3.05) is 46.9 Å². The minimum absolute atomic E-state index is 0.0371. The number of carbonyl (C=O) groups is 3. The van der Waals surface area contributed by atoms with Gasteiger partial charge in [0.15, 0.2) is 0 Å². The maximum Gasteiger partial charge on any atom is 0.323 e. The van der Waals surface area contributed by atoms with Gasteiger partial charge in [0.25, 0.3) is 0 Å². The first-order valence-electron chi connectivity index (χ1n) is 25.2. The zero-order chi connectivity index (χ0) is 42.3. The molecule has 0 radical (unpaired) electrons. The molecule has 0 aromatic carbocycles. The highest BCUT2D eigenvalue weighted by molar-refractivity contribution is 5.76. The van der Waals surface area contributed by atoms with E-state index >= 15 is 0 Å². The minimum Gasteiger partial charge on any atom is -0.466 e. The maximum atomic E-state index is 13.4. The molecule has 0 aliphatic carbocycles. The van der Waals surface area contributed by atoms with Crippen LogP contribution in [0.2, 0.25) is 0 Å². The second-order valence-corrected chi connectivity index (χ2v) is 18.1. The molecule has 2 atom stereocenters. The number of carbonyl (C=O) groups excluding carboxylic acids is 3. The lowest BCUT2D eigenvalue weighted by Gasteiger charge is -2.23. The van der Waals surface area contributed by atoms with Gasteiger partial charge in [-0.2, -0.15) is 0 Å². The van der Waals surface area contributed by atoms with Crippen LogP contribution < -0.4 is 0 Å². The van der Waals surface area contributed by atoms with Gasteiger partial charge in [-0.05, 0) is 110 Å². The molecular formula is C50H96N2O6. The lowest BCUT2D eigenvalue weighted by Crippen LogP contribution is -2.38. The van der Waals surface area contributed by atoms with Gasteiger partial charge in [0.05, 0.1) is 13.2 Å². The molecule has 0 bridgehead atoms. The summed E-state index contributed by atoms with van der Waals surface area (Å²) in [7, 11) is 4.24. The molecule has 0 N–H and O–H groups in total. The van der Waals surface area contributed by atoms with E-state index in [1.807, 2.05) is 0 Å². The molecule has 8 heteroatoms. The average molecular weight is 821 g/mol. The van der Waals surface area contributed by atoms with E-state index in [-0.39, 0.29) is 30.1 Å². The third-order valence-corrected chi connectivity index (χ3v) is 12.1. The number of ether oxygens (including phenoxy) is 3. The summed E-state index contributed by atoms with van der Waals surface area (Å²) in [5, 5.41) is 0. The molecule has 1 saturated heterocycles. The number of nitrogens with zero attached hydrogens (tertiary/aromatic N) is 2. The Balaban J connectivity index is 2.42. The molecule has 1 unspecified atom stereocenters. The third-order valence-electron chi connectivity index (χ3n) is 12.1. The predicted octanol–water partition coefficient (Wildman–Crippen LogP) is 13.2. The summed E-state index contributed by atoms with van der Waals surface area (Å²) < 4.78 is 17.4. The standard InChI is InChI=1S/C50H96N2O6/c1-6-9-12-15-18-19-20-23-32-41-56-48(53)37-27-24-30-40-52-44-45(34-28-31-39-51(4)5)43-47(52)50(55)57-42-33-29-38-49(54)58-46(35-25-21-16-13-10-7-2)36-26-22-17-14-11-8-3/h45-47H,6-44H2,1-5H3/t45?,47-/m0/s1. The third kappa shape index (κ3) is 32.1. The Morgan fingerprint density at radius 2 is 1.03 bits per heavy atom. The van der Waals surface area contributed by atoms with Crippen molar-refractivity contribution in [2.24, 2.45) is 5.92 Å². The summed E-state index contributed by atoms with van der Waals surface area (Å²) in [6.07, 6.45) is 37.6. The van der Waals surface area contributed by atoms with Gasteiger partial charge < -0.3 is 19.1 Å². The van der Waals surface area contributed by atoms with Crippen LogP contribution in [0.25, 0.3) is 0 Å². The molecule has 1 aliphatic rings. The molecule has 1 fully saturated rings. The molecule has 8 nitrogen and oxygen atoms in total. The van der Waals surface area contributed by atoms with Crippen LogP contribution in [-0.4, -0.2) is 86.8 Å². The van der Waals surface area contributed by atoms with E-state index in [2.05, 4.69) is 44.7 Å². The van der Waals surface area contributed by atoms with Gasteiger partial charge in [-0.3, -0.25) is 19.3 Å². The Kier molecular flexibility index (Phi) is 37.0. The highest BCUT2D eigenvalue weighted by atomic mass is 16.5. The summed E-state index contributed by atoms with van der Waals surface area (Å²) in [5.41, 5.74) is 0. The second kappa shape index (κ2) is 39.5. The summed E-state index contributed by atoms with van der Waals surface area (Å²) in [5.74, 6) is 0.219. The first-order valence-corrected chi connectivity index (χ1v) is 25.2. The highest BCUT2D eigenvalue weighted by Gasteiger charge is 2.37. The van der Waals surface area contributed by atoms with E-state index in [9.17, 15) is 14.4 Å². The zero-order valence-corrected chi connectivity index (χ0v) is 39.2. The second-order valence-electron chi connectivity index (χ2n) is 18.1. The smallest absolute Gasteiger partial charge is 0.323 e. The van der Waals surface area contributed by atoms with E-state index in [4.69, 9.17) is 14.2 Å². The molecule has 342 valence electrons. The van der Waals surface area contributed by atoms with Crippen LogP contribution >= 0.6 is 0 Å². The molecule has 58 heavy (non-hydrogen) atoms. The Morgan fingerprint density at radius 3 is 1.62 bits per heavy atom. The number of esters is 3. The normalized spacial score (nSPS) is 15.8. The zero-order valence-electron chi connectivity index (χ0n) is 39.2. The SMILES string of the molecule is CCCCCCCCCCCOC(=O)CCCCCN1CC(CCCCN(C)C)C[C@H]1C(=O)OCCCCC(=O)OC(CCCCCCCC)CCCCCCCC. The summed E-state index contributed by atoms with van der Waals surface area (Å²) >= 11 is 0. The van der Waals surface area contributed by atoms with Gasteiger partial charge in [0.2, 0.25) is 0 Å². The van der Waals surface area contributed by atoms with Crippen LogP contribution in [0.4, 0.5) is 0 Å². The fourth-order valence-electron chi connectivity index (χ4n) is 8.44. The highest BCUT2D eigenvalue weighted by Crippen LogP contribution is 2.29. The quantitative estimate of drug-likeness (QED) is 0.0342. The van der Waals surface area contributed by atoms with Crippen molar-refractivity contribution in [3.63, 3.8) is 0 Å². The topological polar surface area (TPSA) is 85.4 Å². The molecule has 0 aromatic rings. The number of hydrogen-bond donors (Lipinski definition) is 0. The lowest BCUT2D eigenvalue weighted by molar-refractivity contribution is -0.150. The predicted molar refractivity (Wildman–Crippen MR) is 243 cm³/mol. The van der Waals surface area contributed by atoms with Crippen molar-refractivity contribution in [1.29, 1.82) is 0 Å². The number of likely N-dealkylation sites (tertiary alicyclic amines) is 1. The average Bonchev–Trinajstić information content (AvgIpc) is 3.62. The van der Waals surface area contributed by atoms with E-state index in [0.29, 0.717) is 44.8 Å². The fraction of sp³-hybridized carbons (Fsp3) is 0.940. The molecule has 0 amide bonds. The van der Waals surface area contributed by atoms with Crippen molar-refractivity contribution >= 4 is 17.9 Å². The van der Waals surface area contributed by atoms with E-state index in [0.717, 1.165) is 90.3 Å². The Morgan fingerprint density at radius 1 is 0.552 bits per heavy atom. The molecular weight excluding hydrogens is 725 g/mol. The molecule has 0 saturated carbocycles.